The highest BCUT2D eigenvalue weighted by Gasteiger charge is 2.31. The van der Waals surface area contributed by atoms with E-state index in [1.54, 1.807) is 30.3 Å². The molecule has 1 saturated heterocycles. The van der Waals surface area contributed by atoms with Crippen molar-refractivity contribution in [2.45, 2.75) is 9.79 Å². The van der Waals surface area contributed by atoms with Gasteiger partial charge in [0.05, 0.1) is 40.4 Å². The van der Waals surface area contributed by atoms with Crippen molar-refractivity contribution in [1.82, 2.24) is 9.88 Å². The molecule has 1 fully saturated rings. The minimum absolute atomic E-state index is 0.0512. The summed E-state index contributed by atoms with van der Waals surface area (Å²) in [7, 11) is -3.97. The molecule has 0 saturated carbocycles. The third-order valence-electron chi connectivity index (χ3n) is 5.83. The molecule has 0 atom stereocenters. The summed E-state index contributed by atoms with van der Waals surface area (Å²) in [6, 6.07) is 17.5. The summed E-state index contributed by atoms with van der Waals surface area (Å²) in [6.07, 6.45) is 0. The van der Waals surface area contributed by atoms with Crippen molar-refractivity contribution in [2.24, 2.45) is 9.39 Å². The van der Waals surface area contributed by atoms with Crippen molar-refractivity contribution in [1.29, 1.82) is 0 Å². The Kier molecular flexibility index (Phi) is 6.46. The zero-order valence-electron chi connectivity index (χ0n) is 19.1. The topological polar surface area (TPSA) is 97.4 Å². The van der Waals surface area contributed by atoms with Gasteiger partial charge in [-0.25, -0.2) is 9.98 Å². The van der Waals surface area contributed by atoms with Gasteiger partial charge in [-0.3, -0.25) is 0 Å². The average molecular weight is 573 g/mol. The van der Waals surface area contributed by atoms with Gasteiger partial charge in [-0.15, -0.1) is 4.40 Å². The highest BCUT2D eigenvalue weighted by molar-refractivity contribution is 8.15. The van der Waals surface area contributed by atoms with E-state index in [0.29, 0.717) is 74.1 Å². The van der Waals surface area contributed by atoms with Crippen LogP contribution in [0.3, 0.4) is 0 Å². The van der Waals surface area contributed by atoms with Gasteiger partial charge >= 0.3 is 0 Å². The number of rotatable bonds is 2. The van der Waals surface area contributed by atoms with E-state index in [1.807, 2.05) is 29.2 Å². The molecule has 0 unspecified atom stereocenters. The van der Waals surface area contributed by atoms with Crippen LogP contribution in [0.15, 0.2) is 84.3 Å². The number of hydrogen-bond acceptors (Lipinski definition) is 8. The maximum Gasteiger partial charge on any atom is 0.285 e. The molecule has 3 aromatic carbocycles. The lowest BCUT2D eigenvalue weighted by Crippen LogP contribution is -2.40. The molecule has 8 nitrogen and oxygen atoms in total. The van der Waals surface area contributed by atoms with Crippen LogP contribution in [0.2, 0.25) is 10.0 Å². The van der Waals surface area contributed by atoms with Gasteiger partial charge < -0.3 is 14.1 Å². The fourth-order valence-corrected chi connectivity index (χ4v) is 7.15. The van der Waals surface area contributed by atoms with Gasteiger partial charge in [-0.1, -0.05) is 35.3 Å². The van der Waals surface area contributed by atoms with Crippen LogP contribution in [0, 0.1) is 0 Å². The van der Waals surface area contributed by atoms with Crippen molar-refractivity contribution < 1.29 is 17.6 Å². The first-order chi connectivity index (χ1) is 17.9. The molecular formula is C25H18Cl2N4O4S2. The van der Waals surface area contributed by atoms with Gasteiger partial charge in [0.25, 0.3) is 10.0 Å². The summed E-state index contributed by atoms with van der Waals surface area (Å²) >= 11 is 14.0. The third-order valence-corrected chi connectivity index (χ3v) is 9.04. The molecule has 2 aliphatic heterocycles. The number of amidine groups is 1. The summed E-state index contributed by atoms with van der Waals surface area (Å²) in [5, 5.41) is 2.00. The molecule has 4 aromatic rings. The predicted molar refractivity (Wildman–Crippen MR) is 144 cm³/mol. The van der Waals surface area contributed by atoms with Gasteiger partial charge in [-0.2, -0.15) is 8.42 Å². The number of para-hydroxylation sites is 1. The van der Waals surface area contributed by atoms with Crippen LogP contribution in [0.5, 0.6) is 0 Å². The molecule has 12 heteroatoms. The Morgan fingerprint density at radius 3 is 2.54 bits per heavy atom. The van der Waals surface area contributed by atoms with Crippen molar-refractivity contribution in [3.05, 3.63) is 76.3 Å². The second kappa shape index (κ2) is 9.77. The van der Waals surface area contributed by atoms with Crippen molar-refractivity contribution >= 4 is 66.7 Å². The summed E-state index contributed by atoms with van der Waals surface area (Å²) in [6.45, 7) is 2.18. The number of morpholine rings is 1. The number of halogens is 2. The second-order valence-electron chi connectivity index (χ2n) is 8.26. The number of benzene rings is 3. The first-order valence-electron chi connectivity index (χ1n) is 11.3. The lowest BCUT2D eigenvalue weighted by atomic mass is 10.2. The van der Waals surface area contributed by atoms with E-state index in [1.165, 1.54) is 17.8 Å². The summed E-state index contributed by atoms with van der Waals surface area (Å²) in [5.41, 5.74) is 1.89. The molecule has 0 spiro atoms. The van der Waals surface area contributed by atoms with Crippen LogP contribution in [-0.2, 0) is 14.8 Å². The fraction of sp³-hybridized carbons (Fsp3) is 0.160. The van der Waals surface area contributed by atoms with Crippen LogP contribution in [0.1, 0.15) is 0 Å². The normalized spacial score (nSPS) is 17.5. The monoisotopic (exact) mass is 572 g/mol. The van der Waals surface area contributed by atoms with E-state index < -0.39 is 10.0 Å². The molecule has 0 bridgehead atoms. The van der Waals surface area contributed by atoms with E-state index in [0.717, 1.165) is 0 Å². The quantitative estimate of drug-likeness (QED) is 0.312. The molecule has 3 heterocycles. The number of nitrogens with zero attached hydrogens (tertiary/aromatic N) is 4. The number of thioether (sulfide) groups is 1. The molecule has 0 N–H and O–H groups in total. The molecule has 2 aliphatic rings. The molecule has 0 aliphatic carbocycles. The van der Waals surface area contributed by atoms with Crippen LogP contribution >= 0.6 is 35.0 Å². The summed E-state index contributed by atoms with van der Waals surface area (Å²) in [5.74, 6) is 0.141. The molecule has 1 aromatic heterocycles. The molecule has 0 radical (unpaired) electrons. The number of hydrogen-bond donors (Lipinski definition) is 0. The average Bonchev–Trinajstić information content (AvgIpc) is 2.89. The number of aromatic nitrogens is 1. The molecular weight excluding hydrogens is 555 g/mol. The van der Waals surface area contributed by atoms with Gasteiger partial charge in [0, 0.05) is 23.0 Å². The SMILES string of the molecule is O=S1(=O)N=C(N2CCOCC2)Sc2cc(Cl)c(-c3nc4ccccc4c(=Nc4ccc(Cl)cc4)o3)cc21. The number of sulfonamides is 1. The van der Waals surface area contributed by atoms with Crippen molar-refractivity contribution in [2.75, 3.05) is 26.3 Å². The Hall–Kier alpha value is -2.89. The first-order valence-corrected chi connectivity index (χ1v) is 14.3. The molecule has 0 amide bonds. The minimum Gasteiger partial charge on any atom is -0.419 e. The highest BCUT2D eigenvalue weighted by atomic mass is 35.5. The maximum absolute atomic E-state index is 13.2. The minimum atomic E-state index is -3.97. The van der Waals surface area contributed by atoms with E-state index in [4.69, 9.17) is 32.4 Å². The zero-order chi connectivity index (χ0) is 25.6. The van der Waals surface area contributed by atoms with Crippen LogP contribution in [0.4, 0.5) is 5.69 Å². The standard InChI is InChI=1S/C25H18Cl2N4O4S2/c26-15-5-7-16(8-6-15)28-23-17-3-1-2-4-20(17)29-24(35-23)18-13-22-21(14-19(18)27)36-25(30-37(22,32)33)31-9-11-34-12-10-31/h1-8,13-14H,9-12H2. The summed E-state index contributed by atoms with van der Waals surface area (Å²) in [4.78, 5) is 11.7. The van der Waals surface area contributed by atoms with E-state index in [2.05, 4.69) is 14.4 Å². The molecule has 6 rings (SSSR count). The van der Waals surface area contributed by atoms with Crippen LogP contribution in [0.25, 0.3) is 22.4 Å². The largest absolute Gasteiger partial charge is 0.419 e. The Morgan fingerprint density at radius 1 is 1.00 bits per heavy atom. The van der Waals surface area contributed by atoms with Crippen LogP contribution < -0.4 is 5.55 Å². The Bertz CT molecular complexity index is 1730. The number of ether oxygens (including phenoxy) is 1. The number of fused-ring (bicyclic) bond motifs is 2. The van der Waals surface area contributed by atoms with Crippen LogP contribution in [-0.4, -0.2) is 49.8 Å². The Morgan fingerprint density at radius 2 is 1.76 bits per heavy atom. The smallest absolute Gasteiger partial charge is 0.285 e. The summed E-state index contributed by atoms with van der Waals surface area (Å²) < 4.78 is 41.9. The van der Waals surface area contributed by atoms with E-state index >= 15 is 0 Å². The first kappa shape index (κ1) is 24.4. The second-order valence-corrected chi connectivity index (χ2v) is 11.7. The molecule has 37 heavy (non-hydrogen) atoms. The van der Waals surface area contributed by atoms with Gasteiger partial charge in [0.2, 0.25) is 11.4 Å². The maximum atomic E-state index is 13.2. The molecule has 188 valence electrons. The lowest BCUT2D eigenvalue weighted by Gasteiger charge is -2.30. The van der Waals surface area contributed by atoms with Gasteiger partial charge in [0.15, 0.2) is 5.17 Å². The fourth-order valence-electron chi connectivity index (χ4n) is 3.99. The van der Waals surface area contributed by atoms with Crippen molar-refractivity contribution in [3.8, 4) is 11.5 Å². The van der Waals surface area contributed by atoms with E-state index in [9.17, 15) is 8.42 Å². The zero-order valence-corrected chi connectivity index (χ0v) is 22.2. The van der Waals surface area contributed by atoms with Gasteiger partial charge in [-0.05, 0) is 60.3 Å². The van der Waals surface area contributed by atoms with E-state index in [-0.39, 0.29) is 10.8 Å². The van der Waals surface area contributed by atoms with Crippen molar-refractivity contribution in [3.63, 3.8) is 0 Å². The third kappa shape index (κ3) is 4.87. The van der Waals surface area contributed by atoms with Gasteiger partial charge in [0.1, 0.15) is 4.90 Å². The predicted octanol–water partition coefficient (Wildman–Crippen LogP) is 5.52. The lowest BCUT2D eigenvalue weighted by molar-refractivity contribution is 0.0694. The Balaban J connectivity index is 1.48. The Labute approximate surface area is 226 Å². The highest BCUT2D eigenvalue weighted by Crippen LogP contribution is 2.41.